The smallest absolute Gasteiger partial charge is 0.0426 e. The van der Waals surface area contributed by atoms with Gasteiger partial charge in [0.2, 0.25) is 0 Å². The van der Waals surface area contributed by atoms with Crippen LogP contribution in [0.2, 0.25) is 0 Å². The molecule has 1 aliphatic rings. The normalized spacial score (nSPS) is 14.2. The summed E-state index contributed by atoms with van der Waals surface area (Å²) in [7, 11) is 2.16. The summed E-state index contributed by atoms with van der Waals surface area (Å²) in [5, 5.41) is 3.58. The van der Waals surface area contributed by atoms with Crippen LogP contribution >= 0.6 is 0 Å². The SMILES string of the molecule is Cc1cccc(N(C)Cc2cccc(CNC3CC3)c2)c1. The largest absolute Gasteiger partial charge is 0.370 e. The van der Waals surface area contributed by atoms with Gasteiger partial charge in [0, 0.05) is 31.9 Å². The lowest BCUT2D eigenvalue weighted by Crippen LogP contribution is -2.18. The van der Waals surface area contributed by atoms with Crippen LogP contribution in [0.1, 0.15) is 29.5 Å². The van der Waals surface area contributed by atoms with Gasteiger partial charge in [-0.05, 0) is 48.6 Å². The minimum atomic E-state index is 0.767. The molecule has 0 bridgehead atoms. The number of nitrogens with zero attached hydrogens (tertiary/aromatic N) is 1. The standard InChI is InChI=1S/C19H24N2/c1-15-5-3-8-19(11-15)21(2)14-17-7-4-6-16(12-17)13-20-18-9-10-18/h3-8,11-12,18,20H,9-10,13-14H2,1-2H3. The second-order valence-corrected chi connectivity index (χ2v) is 6.17. The number of hydrogen-bond acceptors (Lipinski definition) is 2. The van der Waals surface area contributed by atoms with Crippen LogP contribution < -0.4 is 10.2 Å². The highest BCUT2D eigenvalue weighted by atomic mass is 15.1. The molecule has 1 N–H and O–H groups in total. The van der Waals surface area contributed by atoms with Crippen LogP contribution in [0.4, 0.5) is 5.69 Å². The molecule has 2 heteroatoms. The Kier molecular flexibility index (Phi) is 4.26. The monoisotopic (exact) mass is 280 g/mol. The molecule has 2 aromatic rings. The maximum absolute atomic E-state index is 3.58. The number of anilines is 1. The van der Waals surface area contributed by atoms with Gasteiger partial charge in [-0.15, -0.1) is 0 Å². The number of rotatable bonds is 6. The molecule has 2 aromatic carbocycles. The molecule has 0 aromatic heterocycles. The summed E-state index contributed by atoms with van der Waals surface area (Å²) < 4.78 is 0. The molecular formula is C19H24N2. The summed E-state index contributed by atoms with van der Waals surface area (Å²) in [6.45, 7) is 4.08. The lowest BCUT2D eigenvalue weighted by atomic mass is 10.1. The zero-order chi connectivity index (χ0) is 14.7. The van der Waals surface area contributed by atoms with Gasteiger partial charge in [-0.25, -0.2) is 0 Å². The van der Waals surface area contributed by atoms with Crippen LogP contribution in [0.3, 0.4) is 0 Å². The fourth-order valence-electron chi connectivity index (χ4n) is 2.62. The van der Waals surface area contributed by atoms with Crippen LogP contribution in [-0.4, -0.2) is 13.1 Å². The first-order valence-electron chi connectivity index (χ1n) is 7.80. The van der Waals surface area contributed by atoms with Crippen molar-refractivity contribution in [3.05, 3.63) is 65.2 Å². The van der Waals surface area contributed by atoms with Crippen LogP contribution in [-0.2, 0) is 13.1 Å². The van der Waals surface area contributed by atoms with E-state index in [1.165, 1.54) is 35.2 Å². The Morgan fingerprint density at radius 2 is 1.81 bits per heavy atom. The molecule has 0 heterocycles. The molecule has 1 fully saturated rings. The highest BCUT2D eigenvalue weighted by Crippen LogP contribution is 2.20. The molecular weight excluding hydrogens is 256 g/mol. The minimum absolute atomic E-state index is 0.767. The van der Waals surface area contributed by atoms with E-state index in [0.29, 0.717) is 0 Å². The third-order valence-electron chi connectivity index (χ3n) is 4.03. The Bertz CT molecular complexity index is 602. The molecule has 1 saturated carbocycles. The van der Waals surface area contributed by atoms with Crippen molar-refractivity contribution in [2.24, 2.45) is 0 Å². The predicted molar refractivity (Wildman–Crippen MR) is 89.6 cm³/mol. The molecule has 0 unspecified atom stereocenters. The first-order valence-corrected chi connectivity index (χ1v) is 7.80. The highest BCUT2D eigenvalue weighted by molar-refractivity contribution is 5.48. The molecule has 0 aliphatic heterocycles. The average molecular weight is 280 g/mol. The van der Waals surface area contributed by atoms with Crippen molar-refractivity contribution in [3.8, 4) is 0 Å². The number of benzene rings is 2. The molecule has 110 valence electrons. The van der Waals surface area contributed by atoms with Crippen molar-refractivity contribution in [1.29, 1.82) is 0 Å². The molecule has 0 radical (unpaired) electrons. The summed E-state index contributed by atoms with van der Waals surface area (Å²) in [4.78, 5) is 2.31. The van der Waals surface area contributed by atoms with E-state index in [0.717, 1.165) is 19.1 Å². The molecule has 0 spiro atoms. The Morgan fingerprint density at radius 3 is 2.57 bits per heavy atom. The van der Waals surface area contributed by atoms with Crippen molar-refractivity contribution in [3.63, 3.8) is 0 Å². The van der Waals surface area contributed by atoms with Gasteiger partial charge < -0.3 is 10.2 Å². The van der Waals surface area contributed by atoms with E-state index in [9.17, 15) is 0 Å². The van der Waals surface area contributed by atoms with Gasteiger partial charge in [0.25, 0.3) is 0 Å². The van der Waals surface area contributed by atoms with E-state index < -0.39 is 0 Å². The van der Waals surface area contributed by atoms with Gasteiger partial charge in [0.05, 0.1) is 0 Å². The quantitative estimate of drug-likeness (QED) is 0.863. The Hall–Kier alpha value is -1.80. The molecule has 2 nitrogen and oxygen atoms in total. The molecule has 0 amide bonds. The summed E-state index contributed by atoms with van der Waals surface area (Å²) in [6, 6.07) is 18.4. The number of nitrogens with one attached hydrogen (secondary N) is 1. The van der Waals surface area contributed by atoms with Gasteiger partial charge in [0.15, 0.2) is 0 Å². The summed E-state index contributed by atoms with van der Waals surface area (Å²) in [6.07, 6.45) is 2.69. The van der Waals surface area contributed by atoms with Crippen LogP contribution in [0.15, 0.2) is 48.5 Å². The van der Waals surface area contributed by atoms with Gasteiger partial charge in [0.1, 0.15) is 0 Å². The zero-order valence-corrected chi connectivity index (χ0v) is 13.0. The lowest BCUT2D eigenvalue weighted by molar-refractivity contribution is 0.687. The third-order valence-corrected chi connectivity index (χ3v) is 4.03. The summed E-state index contributed by atoms with van der Waals surface area (Å²) in [5.41, 5.74) is 5.34. The van der Waals surface area contributed by atoms with E-state index in [4.69, 9.17) is 0 Å². The second kappa shape index (κ2) is 6.31. The fraction of sp³-hybridized carbons (Fsp3) is 0.368. The predicted octanol–water partition coefficient (Wildman–Crippen LogP) is 3.88. The Morgan fingerprint density at radius 1 is 1.05 bits per heavy atom. The first kappa shape index (κ1) is 14.2. The summed E-state index contributed by atoms with van der Waals surface area (Å²) in [5.74, 6) is 0. The lowest BCUT2D eigenvalue weighted by Gasteiger charge is -2.20. The minimum Gasteiger partial charge on any atom is -0.370 e. The van der Waals surface area contributed by atoms with Crippen molar-refractivity contribution < 1.29 is 0 Å². The van der Waals surface area contributed by atoms with E-state index in [-0.39, 0.29) is 0 Å². The van der Waals surface area contributed by atoms with Crippen LogP contribution in [0.25, 0.3) is 0 Å². The van der Waals surface area contributed by atoms with E-state index in [1.54, 1.807) is 0 Å². The van der Waals surface area contributed by atoms with E-state index in [2.05, 4.69) is 72.7 Å². The first-order chi connectivity index (χ1) is 10.2. The Labute approximate surface area is 127 Å². The number of aryl methyl sites for hydroxylation is 1. The van der Waals surface area contributed by atoms with Crippen molar-refractivity contribution in [1.82, 2.24) is 5.32 Å². The van der Waals surface area contributed by atoms with Gasteiger partial charge in [-0.3, -0.25) is 0 Å². The molecule has 0 atom stereocenters. The van der Waals surface area contributed by atoms with E-state index >= 15 is 0 Å². The second-order valence-electron chi connectivity index (χ2n) is 6.17. The molecule has 21 heavy (non-hydrogen) atoms. The fourth-order valence-corrected chi connectivity index (χ4v) is 2.62. The topological polar surface area (TPSA) is 15.3 Å². The average Bonchev–Trinajstić information content (AvgIpc) is 3.30. The van der Waals surface area contributed by atoms with Crippen molar-refractivity contribution >= 4 is 5.69 Å². The van der Waals surface area contributed by atoms with E-state index in [1.807, 2.05) is 0 Å². The maximum Gasteiger partial charge on any atom is 0.0426 e. The third kappa shape index (κ3) is 4.08. The molecule has 3 rings (SSSR count). The van der Waals surface area contributed by atoms with Gasteiger partial charge in [-0.2, -0.15) is 0 Å². The maximum atomic E-state index is 3.58. The highest BCUT2D eigenvalue weighted by Gasteiger charge is 2.19. The van der Waals surface area contributed by atoms with Gasteiger partial charge >= 0.3 is 0 Å². The molecule has 0 saturated heterocycles. The number of hydrogen-bond donors (Lipinski definition) is 1. The van der Waals surface area contributed by atoms with Crippen molar-refractivity contribution in [2.75, 3.05) is 11.9 Å². The zero-order valence-electron chi connectivity index (χ0n) is 13.0. The van der Waals surface area contributed by atoms with Gasteiger partial charge in [-0.1, -0.05) is 36.4 Å². The Balaban J connectivity index is 1.64. The summed E-state index contributed by atoms with van der Waals surface area (Å²) >= 11 is 0. The molecule has 1 aliphatic carbocycles. The van der Waals surface area contributed by atoms with Crippen molar-refractivity contribution in [2.45, 2.75) is 38.9 Å². The van der Waals surface area contributed by atoms with Crippen LogP contribution in [0, 0.1) is 6.92 Å². The van der Waals surface area contributed by atoms with Crippen LogP contribution in [0.5, 0.6) is 0 Å².